The van der Waals surface area contributed by atoms with Gasteiger partial charge in [0.1, 0.15) is 12.3 Å². The number of ether oxygens (including phenoxy) is 1. The van der Waals surface area contributed by atoms with Crippen LogP contribution in [0.3, 0.4) is 0 Å². The van der Waals surface area contributed by atoms with Crippen LogP contribution in [-0.2, 0) is 11.3 Å². The Balaban J connectivity index is 2.21. The van der Waals surface area contributed by atoms with E-state index in [-0.39, 0.29) is 18.0 Å². The van der Waals surface area contributed by atoms with Crippen molar-refractivity contribution in [2.45, 2.75) is 6.61 Å². The first-order valence-corrected chi connectivity index (χ1v) is 5.52. The molecule has 0 aliphatic carbocycles. The standard InChI is InChI=1S/C12H11F2N3O3/c1-19-5-6-4-9(17-20-6)12(18)16-11-8(15)3-2-7(13)10(11)14/h2-4H,5,15H2,1H3,(H,16,18). The van der Waals surface area contributed by atoms with Gasteiger partial charge in [-0.15, -0.1) is 0 Å². The lowest BCUT2D eigenvalue weighted by atomic mass is 10.2. The maximum absolute atomic E-state index is 13.5. The second-order valence-electron chi connectivity index (χ2n) is 3.89. The minimum Gasteiger partial charge on any atom is -0.397 e. The largest absolute Gasteiger partial charge is 0.397 e. The Bertz CT molecular complexity index is 643. The summed E-state index contributed by atoms with van der Waals surface area (Å²) in [6.07, 6.45) is 0. The van der Waals surface area contributed by atoms with Crippen molar-refractivity contribution >= 4 is 17.3 Å². The Hall–Kier alpha value is -2.48. The summed E-state index contributed by atoms with van der Waals surface area (Å²) in [6, 6.07) is 3.34. The number of benzene rings is 1. The summed E-state index contributed by atoms with van der Waals surface area (Å²) >= 11 is 0. The summed E-state index contributed by atoms with van der Waals surface area (Å²) in [7, 11) is 1.45. The zero-order valence-corrected chi connectivity index (χ0v) is 10.4. The fraction of sp³-hybridized carbons (Fsp3) is 0.167. The number of nitrogens with one attached hydrogen (secondary N) is 1. The van der Waals surface area contributed by atoms with Crippen LogP contribution < -0.4 is 11.1 Å². The molecule has 2 rings (SSSR count). The molecule has 0 fully saturated rings. The van der Waals surface area contributed by atoms with Crippen molar-refractivity contribution in [2.24, 2.45) is 0 Å². The number of aromatic nitrogens is 1. The molecule has 2 aromatic rings. The number of methoxy groups -OCH3 is 1. The molecule has 0 radical (unpaired) electrons. The number of hydrogen-bond acceptors (Lipinski definition) is 5. The average Bonchev–Trinajstić information content (AvgIpc) is 2.88. The molecule has 8 heteroatoms. The van der Waals surface area contributed by atoms with Crippen LogP contribution >= 0.6 is 0 Å². The number of hydrogen-bond donors (Lipinski definition) is 2. The third kappa shape index (κ3) is 2.75. The van der Waals surface area contributed by atoms with Crippen molar-refractivity contribution in [3.63, 3.8) is 0 Å². The van der Waals surface area contributed by atoms with Crippen LogP contribution in [0.4, 0.5) is 20.2 Å². The van der Waals surface area contributed by atoms with Crippen LogP contribution in [0.1, 0.15) is 16.2 Å². The molecule has 0 spiro atoms. The normalized spacial score (nSPS) is 10.6. The molecule has 20 heavy (non-hydrogen) atoms. The maximum Gasteiger partial charge on any atom is 0.277 e. The van der Waals surface area contributed by atoms with Crippen LogP contribution in [0.5, 0.6) is 0 Å². The molecule has 1 heterocycles. The predicted octanol–water partition coefficient (Wildman–Crippen LogP) is 1.93. The smallest absolute Gasteiger partial charge is 0.277 e. The lowest BCUT2D eigenvalue weighted by Gasteiger charge is -2.08. The SMILES string of the molecule is COCc1cc(C(=O)Nc2c(N)ccc(F)c2F)no1. The third-order valence-corrected chi connectivity index (χ3v) is 2.44. The highest BCUT2D eigenvalue weighted by Gasteiger charge is 2.18. The van der Waals surface area contributed by atoms with Crippen LogP contribution in [0, 0.1) is 11.6 Å². The lowest BCUT2D eigenvalue weighted by Crippen LogP contribution is -2.15. The Kier molecular flexibility index (Phi) is 3.94. The molecule has 106 valence electrons. The van der Waals surface area contributed by atoms with E-state index < -0.39 is 23.2 Å². The predicted molar refractivity (Wildman–Crippen MR) is 65.9 cm³/mol. The number of nitrogens with zero attached hydrogens (tertiary/aromatic N) is 1. The van der Waals surface area contributed by atoms with Gasteiger partial charge in [-0.2, -0.15) is 0 Å². The molecule has 0 saturated carbocycles. The summed E-state index contributed by atoms with van der Waals surface area (Å²) in [6.45, 7) is 0.136. The molecule has 1 aromatic carbocycles. The molecular formula is C12H11F2N3O3. The Morgan fingerprint density at radius 3 is 2.95 bits per heavy atom. The number of nitrogens with two attached hydrogens (primary N) is 1. The minimum absolute atomic E-state index is 0.0971. The van der Waals surface area contributed by atoms with Gasteiger partial charge in [0.25, 0.3) is 5.91 Å². The molecule has 1 amide bonds. The zero-order valence-electron chi connectivity index (χ0n) is 10.4. The average molecular weight is 283 g/mol. The van der Waals surface area contributed by atoms with Crippen molar-refractivity contribution in [3.8, 4) is 0 Å². The van der Waals surface area contributed by atoms with Crippen LogP contribution in [0.15, 0.2) is 22.7 Å². The van der Waals surface area contributed by atoms with Gasteiger partial charge in [-0.05, 0) is 12.1 Å². The monoisotopic (exact) mass is 283 g/mol. The Morgan fingerprint density at radius 1 is 1.50 bits per heavy atom. The van der Waals surface area contributed by atoms with Gasteiger partial charge in [0, 0.05) is 13.2 Å². The molecule has 0 aliphatic heterocycles. The Labute approximate surface area is 112 Å². The summed E-state index contributed by atoms with van der Waals surface area (Å²) in [5, 5.41) is 5.64. The molecule has 0 aliphatic rings. The van der Waals surface area contributed by atoms with Crippen molar-refractivity contribution in [3.05, 3.63) is 41.3 Å². The summed E-state index contributed by atoms with van der Waals surface area (Å²) in [5.41, 5.74) is 4.85. The topological polar surface area (TPSA) is 90.4 Å². The summed E-state index contributed by atoms with van der Waals surface area (Å²) < 4.78 is 36.2. The molecule has 6 nitrogen and oxygen atoms in total. The van der Waals surface area contributed by atoms with E-state index >= 15 is 0 Å². The van der Waals surface area contributed by atoms with Gasteiger partial charge in [-0.1, -0.05) is 5.16 Å². The van der Waals surface area contributed by atoms with Crippen molar-refractivity contribution in [2.75, 3.05) is 18.2 Å². The van der Waals surface area contributed by atoms with Gasteiger partial charge in [-0.3, -0.25) is 4.79 Å². The highest BCUT2D eigenvalue weighted by molar-refractivity contribution is 6.04. The first-order valence-electron chi connectivity index (χ1n) is 5.52. The number of rotatable bonds is 4. The van der Waals surface area contributed by atoms with Crippen molar-refractivity contribution < 1.29 is 22.8 Å². The molecule has 0 atom stereocenters. The number of carbonyl (C=O) groups is 1. The van der Waals surface area contributed by atoms with Gasteiger partial charge >= 0.3 is 0 Å². The summed E-state index contributed by atoms with van der Waals surface area (Å²) in [4.78, 5) is 11.8. The molecular weight excluding hydrogens is 272 g/mol. The molecule has 1 aromatic heterocycles. The number of anilines is 2. The fourth-order valence-corrected chi connectivity index (χ4v) is 1.50. The van der Waals surface area contributed by atoms with Gasteiger partial charge in [0.15, 0.2) is 23.1 Å². The first kappa shape index (κ1) is 13.9. The van der Waals surface area contributed by atoms with Crippen LogP contribution in [0.2, 0.25) is 0 Å². The molecule has 0 unspecified atom stereocenters. The molecule has 3 N–H and O–H groups in total. The third-order valence-electron chi connectivity index (χ3n) is 2.44. The number of amides is 1. The van der Waals surface area contributed by atoms with Gasteiger partial charge in [0.05, 0.1) is 5.69 Å². The van der Waals surface area contributed by atoms with Gasteiger partial charge in [-0.25, -0.2) is 8.78 Å². The van der Waals surface area contributed by atoms with E-state index in [1.165, 1.54) is 13.2 Å². The van der Waals surface area contributed by atoms with Crippen LogP contribution in [0.25, 0.3) is 0 Å². The van der Waals surface area contributed by atoms with Gasteiger partial charge < -0.3 is 20.3 Å². The van der Waals surface area contributed by atoms with E-state index in [0.717, 1.165) is 12.1 Å². The maximum atomic E-state index is 13.5. The van der Waals surface area contributed by atoms with E-state index in [0.29, 0.717) is 5.76 Å². The molecule has 0 saturated heterocycles. The fourth-order valence-electron chi connectivity index (χ4n) is 1.50. The number of nitrogen functional groups attached to an aromatic ring is 1. The van der Waals surface area contributed by atoms with E-state index in [1.54, 1.807) is 0 Å². The molecule has 0 bridgehead atoms. The lowest BCUT2D eigenvalue weighted by molar-refractivity contribution is 0.101. The zero-order chi connectivity index (χ0) is 14.7. The van der Waals surface area contributed by atoms with Crippen LogP contribution in [-0.4, -0.2) is 18.2 Å². The highest BCUT2D eigenvalue weighted by atomic mass is 19.2. The van der Waals surface area contributed by atoms with Crippen molar-refractivity contribution in [1.29, 1.82) is 0 Å². The quantitative estimate of drug-likeness (QED) is 0.837. The van der Waals surface area contributed by atoms with E-state index in [2.05, 4.69) is 10.5 Å². The summed E-state index contributed by atoms with van der Waals surface area (Å²) in [5.74, 6) is -2.80. The highest BCUT2D eigenvalue weighted by Crippen LogP contribution is 2.25. The van der Waals surface area contributed by atoms with E-state index in [1.807, 2.05) is 0 Å². The second-order valence-corrected chi connectivity index (χ2v) is 3.89. The van der Waals surface area contributed by atoms with E-state index in [9.17, 15) is 13.6 Å². The number of halogens is 2. The van der Waals surface area contributed by atoms with Gasteiger partial charge in [0.2, 0.25) is 0 Å². The first-order chi connectivity index (χ1) is 9.52. The second kappa shape index (κ2) is 5.66. The van der Waals surface area contributed by atoms with Crippen molar-refractivity contribution in [1.82, 2.24) is 5.16 Å². The number of carbonyl (C=O) groups excluding carboxylic acids is 1. The van der Waals surface area contributed by atoms with E-state index in [4.69, 9.17) is 15.0 Å². The Morgan fingerprint density at radius 2 is 2.25 bits per heavy atom. The minimum atomic E-state index is -1.24.